The molecule has 3 atom stereocenters. The number of benzene rings is 3. The Hall–Kier alpha value is -3.80. The van der Waals surface area contributed by atoms with E-state index in [9.17, 15) is 9.59 Å². The van der Waals surface area contributed by atoms with Crippen molar-refractivity contribution in [2.45, 2.75) is 51.6 Å². The number of esters is 1. The van der Waals surface area contributed by atoms with E-state index in [4.69, 9.17) is 18.6 Å². The number of rotatable bonds is 6. The Kier molecular flexibility index (Phi) is 6.91. The Morgan fingerprint density at radius 3 is 2.45 bits per heavy atom. The average Bonchev–Trinajstić information content (AvgIpc) is 2.91. The van der Waals surface area contributed by atoms with Crippen molar-refractivity contribution in [2.24, 2.45) is 11.8 Å². The molecule has 1 heterocycles. The topological polar surface area (TPSA) is 75.0 Å². The predicted molar refractivity (Wildman–Crippen MR) is 148 cm³/mol. The molecule has 1 aliphatic carbocycles. The van der Waals surface area contributed by atoms with Gasteiger partial charge in [-0.2, -0.15) is 0 Å². The zero-order chi connectivity index (χ0) is 27.0. The molecule has 6 nitrogen and oxygen atoms in total. The first-order chi connectivity index (χ1) is 18.2. The van der Waals surface area contributed by atoms with Crippen molar-refractivity contribution in [2.75, 3.05) is 14.2 Å². The lowest BCUT2D eigenvalue weighted by Crippen LogP contribution is -2.43. The van der Waals surface area contributed by atoms with Gasteiger partial charge in [-0.1, -0.05) is 69.7 Å². The molecular formula is C32H34O6. The van der Waals surface area contributed by atoms with Gasteiger partial charge in [0, 0.05) is 18.1 Å². The molecule has 0 saturated heterocycles. The van der Waals surface area contributed by atoms with E-state index < -0.39 is 11.6 Å². The van der Waals surface area contributed by atoms with Gasteiger partial charge in [-0.05, 0) is 46.6 Å². The first-order valence-electron chi connectivity index (χ1n) is 13.1. The number of fused-ring (bicyclic) bond motifs is 2. The Morgan fingerprint density at radius 2 is 1.71 bits per heavy atom. The van der Waals surface area contributed by atoms with Gasteiger partial charge in [-0.15, -0.1) is 0 Å². The van der Waals surface area contributed by atoms with Crippen LogP contribution < -0.4 is 15.1 Å². The third-order valence-corrected chi connectivity index (χ3v) is 8.20. The molecular weight excluding hydrogens is 480 g/mol. The monoisotopic (exact) mass is 514 g/mol. The second kappa shape index (κ2) is 10.2. The highest BCUT2D eigenvalue weighted by molar-refractivity contribution is 5.95. The lowest BCUT2D eigenvalue weighted by Gasteiger charge is -2.44. The lowest BCUT2D eigenvalue weighted by atomic mass is 9.64. The van der Waals surface area contributed by atoms with E-state index in [-0.39, 0.29) is 28.6 Å². The summed E-state index contributed by atoms with van der Waals surface area (Å²) in [6, 6.07) is 19.7. The van der Waals surface area contributed by atoms with Crippen LogP contribution in [0, 0.1) is 11.8 Å². The van der Waals surface area contributed by atoms with Gasteiger partial charge in [0.15, 0.2) is 0 Å². The van der Waals surface area contributed by atoms with E-state index in [1.165, 1.54) is 36.6 Å². The summed E-state index contributed by atoms with van der Waals surface area (Å²) in [6.45, 7) is 6.63. The number of carbonyl (C=O) groups excluding carboxylic acids is 1. The molecule has 38 heavy (non-hydrogen) atoms. The molecule has 198 valence electrons. The summed E-state index contributed by atoms with van der Waals surface area (Å²) in [5.74, 6) is 0.769. The second-order valence-corrected chi connectivity index (χ2v) is 10.9. The number of ether oxygens (including phenoxy) is 3. The molecule has 6 heteroatoms. The van der Waals surface area contributed by atoms with Gasteiger partial charge >= 0.3 is 11.6 Å². The van der Waals surface area contributed by atoms with Crippen molar-refractivity contribution in [3.8, 4) is 11.5 Å². The fraction of sp³-hybridized carbons (Fsp3) is 0.375. The number of hydrogen-bond donors (Lipinski definition) is 0. The van der Waals surface area contributed by atoms with Gasteiger partial charge in [0.05, 0.1) is 19.6 Å². The Bertz CT molecular complexity index is 1550. The molecule has 1 saturated carbocycles. The largest absolute Gasteiger partial charge is 0.496 e. The van der Waals surface area contributed by atoms with Crippen LogP contribution in [0.5, 0.6) is 11.5 Å². The highest BCUT2D eigenvalue weighted by Gasteiger charge is 2.42. The molecule has 1 aromatic heterocycles. The molecule has 0 aliphatic heterocycles. The zero-order valence-electron chi connectivity index (χ0n) is 22.6. The Labute approximate surface area is 222 Å². The van der Waals surface area contributed by atoms with Crippen LogP contribution in [-0.2, 0) is 10.2 Å². The summed E-state index contributed by atoms with van der Waals surface area (Å²) in [5, 5.41) is 2.89. The normalized spacial score (nSPS) is 19.9. The summed E-state index contributed by atoms with van der Waals surface area (Å²) in [5.41, 5.74) is 0.363. The molecule has 3 aromatic carbocycles. The van der Waals surface area contributed by atoms with Crippen LogP contribution in [0.25, 0.3) is 21.7 Å². The van der Waals surface area contributed by atoms with E-state index >= 15 is 0 Å². The molecule has 1 fully saturated rings. The van der Waals surface area contributed by atoms with Crippen molar-refractivity contribution in [3.63, 3.8) is 0 Å². The van der Waals surface area contributed by atoms with Crippen LogP contribution in [-0.4, -0.2) is 26.3 Å². The number of hydrogen-bond acceptors (Lipinski definition) is 6. The fourth-order valence-electron chi connectivity index (χ4n) is 5.88. The standard InChI is InChI=1S/C32H34O6/c1-19-10-13-26(32(2,3)22-12-11-20-8-6-7-9-21(20)15-22)29(14-19)38-31(34)25-18-24-27(36-5)16-23(35-4)17-28(24)37-30(25)33/h6-9,11-12,15-19,26,29H,10,13-14H2,1-5H3. The second-order valence-electron chi connectivity index (χ2n) is 10.9. The van der Waals surface area contributed by atoms with Crippen LogP contribution in [0.4, 0.5) is 0 Å². The summed E-state index contributed by atoms with van der Waals surface area (Å²) >= 11 is 0. The Balaban J connectivity index is 1.47. The molecule has 0 N–H and O–H groups in total. The average molecular weight is 515 g/mol. The maximum atomic E-state index is 13.4. The van der Waals surface area contributed by atoms with Gasteiger partial charge in [0.1, 0.15) is 28.7 Å². The minimum atomic E-state index is -0.744. The third-order valence-electron chi connectivity index (χ3n) is 8.20. The van der Waals surface area contributed by atoms with Crippen molar-refractivity contribution < 1.29 is 23.4 Å². The molecule has 0 bridgehead atoms. The van der Waals surface area contributed by atoms with Crippen molar-refractivity contribution >= 4 is 27.7 Å². The lowest BCUT2D eigenvalue weighted by molar-refractivity contribution is -0.0239. The minimum Gasteiger partial charge on any atom is -0.496 e. The molecule has 4 aromatic rings. The first-order valence-corrected chi connectivity index (χ1v) is 13.1. The number of carbonyl (C=O) groups is 1. The van der Waals surface area contributed by atoms with Crippen LogP contribution in [0.2, 0.25) is 0 Å². The van der Waals surface area contributed by atoms with Gasteiger partial charge in [-0.3, -0.25) is 0 Å². The fourth-order valence-corrected chi connectivity index (χ4v) is 5.88. The van der Waals surface area contributed by atoms with Crippen LogP contribution >= 0.6 is 0 Å². The van der Waals surface area contributed by atoms with Crippen LogP contribution in [0.3, 0.4) is 0 Å². The van der Waals surface area contributed by atoms with Crippen LogP contribution in [0.15, 0.2) is 69.9 Å². The molecule has 3 unspecified atom stereocenters. The Morgan fingerprint density at radius 1 is 0.947 bits per heavy atom. The zero-order valence-corrected chi connectivity index (χ0v) is 22.6. The SMILES string of the molecule is COc1cc(OC)c2cc(C(=O)OC3CC(C)CCC3C(C)(C)c3ccc4ccccc4c3)c(=O)oc2c1. The van der Waals surface area contributed by atoms with E-state index in [0.29, 0.717) is 22.8 Å². The third kappa shape index (κ3) is 4.75. The van der Waals surface area contributed by atoms with Gasteiger partial charge in [-0.25, -0.2) is 9.59 Å². The highest BCUT2D eigenvalue weighted by atomic mass is 16.5. The first kappa shape index (κ1) is 25.8. The highest BCUT2D eigenvalue weighted by Crippen LogP contribution is 2.44. The quantitative estimate of drug-likeness (QED) is 0.206. The molecule has 0 radical (unpaired) electrons. The summed E-state index contributed by atoms with van der Waals surface area (Å²) in [6.07, 6.45) is 2.40. The summed E-state index contributed by atoms with van der Waals surface area (Å²) in [4.78, 5) is 26.3. The van der Waals surface area contributed by atoms with Crippen molar-refractivity contribution in [3.05, 3.63) is 82.2 Å². The molecule has 0 spiro atoms. The maximum Gasteiger partial charge on any atom is 0.351 e. The van der Waals surface area contributed by atoms with E-state index in [0.717, 1.165) is 19.3 Å². The number of methoxy groups -OCH3 is 2. The maximum absolute atomic E-state index is 13.4. The van der Waals surface area contributed by atoms with Gasteiger partial charge in [0.25, 0.3) is 0 Å². The smallest absolute Gasteiger partial charge is 0.351 e. The van der Waals surface area contributed by atoms with Crippen LogP contribution in [0.1, 0.15) is 56.0 Å². The molecule has 0 amide bonds. The minimum absolute atomic E-state index is 0.0927. The molecule has 1 aliphatic rings. The van der Waals surface area contributed by atoms with E-state index in [1.807, 2.05) is 12.1 Å². The van der Waals surface area contributed by atoms with E-state index in [2.05, 4.69) is 51.1 Å². The van der Waals surface area contributed by atoms with Crippen molar-refractivity contribution in [1.82, 2.24) is 0 Å². The molecule has 5 rings (SSSR count). The summed E-state index contributed by atoms with van der Waals surface area (Å²) < 4.78 is 22.4. The van der Waals surface area contributed by atoms with Crippen molar-refractivity contribution in [1.29, 1.82) is 0 Å². The summed E-state index contributed by atoms with van der Waals surface area (Å²) in [7, 11) is 3.03. The predicted octanol–water partition coefficient (Wildman–Crippen LogP) is 6.90. The van der Waals surface area contributed by atoms with Gasteiger partial charge < -0.3 is 18.6 Å². The van der Waals surface area contributed by atoms with Gasteiger partial charge in [0.2, 0.25) is 0 Å². The van der Waals surface area contributed by atoms with E-state index in [1.54, 1.807) is 12.1 Å².